The van der Waals surface area contributed by atoms with Crippen LogP contribution in [0.25, 0.3) is 11.1 Å². The quantitative estimate of drug-likeness (QED) is 0.337. The van der Waals surface area contributed by atoms with Crippen molar-refractivity contribution in [3.63, 3.8) is 0 Å². The van der Waals surface area contributed by atoms with Crippen molar-refractivity contribution < 1.29 is 19.2 Å². The lowest BCUT2D eigenvalue weighted by atomic mass is 9.89. The summed E-state index contributed by atoms with van der Waals surface area (Å²) in [6, 6.07) is 19.1. The molecule has 2 heterocycles. The lowest BCUT2D eigenvalue weighted by molar-refractivity contribution is -0.496. The summed E-state index contributed by atoms with van der Waals surface area (Å²) in [6.45, 7) is 3.76. The number of aliphatic hydroxyl groups excluding tert-OH is 1. The van der Waals surface area contributed by atoms with Crippen LogP contribution in [0.1, 0.15) is 47.8 Å². The maximum atomic E-state index is 11.8. The molecule has 0 saturated carbocycles. The minimum Gasteiger partial charge on any atom is -0.465 e. The zero-order valence-corrected chi connectivity index (χ0v) is 18.7. The predicted molar refractivity (Wildman–Crippen MR) is 126 cm³/mol. The number of benzene rings is 2. The zero-order chi connectivity index (χ0) is 23.5. The van der Waals surface area contributed by atoms with Gasteiger partial charge in [0.15, 0.2) is 6.04 Å². The summed E-state index contributed by atoms with van der Waals surface area (Å²) >= 11 is 0. The zero-order valence-electron chi connectivity index (χ0n) is 18.7. The second kappa shape index (κ2) is 9.13. The Morgan fingerprint density at radius 2 is 1.91 bits per heavy atom. The molecule has 0 unspecified atom stereocenters. The number of hydrogen-bond acceptors (Lipinski definition) is 5. The molecule has 7 nitrogen and oxygen atoms in total. The van der Waals surface area contributed by atoms with Gasteiger partial charge in [-0.1, -0.05) is 12.1 Å². The Morgan fingerprint density at radius 3 is 2.52 bits per heavy atom. The first kappa shape index (κ1) is 22.0. The Balaban J connectivity index is 1.74. The lowest BCUT2D eigenvalue weighted by Crippen LogP contribution is -2.34. The first-order chi connectivity index (χ1) is 15.9. The van der Waals surface area contributed by atoms with E-state index in [1.165, 1.54) is 7.11 Å². The van der Waals surface area contributed by atoms with Crippen LogP contribution in [-0.4, -0.2) is 39.7 Å². The molecular formula is C26H25N4O3+. The molecule has 33 heavy (non-hydrogen) atoms. The summed E-state index contributed by atoms with van der Waals surface area (Å²) in [5.74, 6) is 0.557. The molecule has 0 radical (unpaired) electrons. The van der Waals surface area contributed by atoms with Gasteiger partial charge in [0, 0.05) is 24.2 Å². The third-order valence-electron chi connectivity index (χ3n) is 5.88. The Bertz CT molecular complexity index is 1250. The maximum absolute atomic E-state index is 11.8. The molecule has 0 aliphatic carbocycles. The van der Waals surface area contributed by atoms with Crippen molar-refractivity contribution in [2.75, 3.05) is 12.4 Å². The summed E-state index contributed by atoms with van der Waals surface area (Å²) in [7, 11) is 1.36. The highest BCUT2D eigenvalue weighted by Gasteiger charge is 2.36. The number of nitriles is 1. The molecule has 1 aromatic heterocycles. The van der Waals surface area contributed by atoms with Crippen LogP contribution in [0.15, 0.2) is 60.8 Å². The summed E-state index contributed by atoms with van der Waals surface area (Å²) in [6.07, 6.45) is 2.30. The van der Waals surface area contributed by atoms with E-state index in [-0.39, 0.29) is 24.0 Å². The number of carbonyl (C=O) groups is 1. The molecule has 2 aromatic carbocycles. The standard InChI is InChI=1S/C26H24N4O3/c1-16-12-23(29-25-11-4-18(14-27)15-28-25)22-13-21(9-10-24(22)30(16)17(2)31)19-5-7-20(8-6-19)26(32)33-3/h4-11,13,15-16,23H,12H2,1-3H3,(H,28,29)/p+1/t16-,23+/m0/s1. The summed E-state index contributed by atoms with van der Waals surface area (Å²) in [4.78, 5) is 16.1. The topological polar surface area (TPSA) is 98.2 Å². The van der Waals surface area contributed by atoms with E-state index in [0.29, 0.717) is 16.9 Å². The SMILES string of the molecule is COC(=O)c1ccc(-c2ccc3c(c2)[C@H](Nc2ccc(C#N)cn2)C[C@H](C)[N+]3=C(C)O)cc1. The maximum Gasteiger partial charge on any atom is 0.337 e. The monoisotopic (exact) mass is 441 g/mol. The third-order valence-corrected chi connectivity index (χ3v) is 5.88. The van der Waals surface area contributed by atoms with Gasteiger partial charge in [-0.3, -0.25) is 0 Å². The van der Waals surface area contributed by atoms with Gasteiger partial charge in [0.1, 0.15) is 11.9 Å². The van der Waals surface area contributed by atoms with E-state index in [1.807, 2.05) is 28.8 Å². The van der Waals surface area contributed by atoms with Crippen LogP contribution in [0.3, 0.4) is 0 Å². The number of anilines is 1. The average molecular weight is 442 g/mol. The van der Waals surface area contributed by atoms with Crippen LogP contribution in [0.5, 0.6) is 0 Å². The van der Waals surface area contributed by atoms with Gasteiger partial charge in [0.25, 0.3) is 0 Å². The fourth-order valence-electron chi connectivity index (χ4n) is 4.31. The van der Waals surface area contributed by atoms with Crippen molar-refractivity contribution in [2.45, 2.75) is 32.4 Å². The molecule has 166 valence electrons. The van der Waals surface area contributed by atoms with Crippen LogP contribution in [-0.2, 0) is 4.74 Å². The number of carbonyl (C=O) groups excluding carboxylic acids is 1. The first-order valence-electron chi connectivity index (χ1n) is 10.7. The Labute approximate surface area is 192 Å². The third kappa shape index (κ3) is 4.41. The number of esters is 1. The molecule has 0 amide bonds. The fourth-order valence-corrected chi connectivity index (χ4v) is 4.31. The number of aromatic nitrogens is 1. The highest BCUT2D eigenvalue weighted by Crippen LogP contribution is 2.40. The molecular weight excluding hydrogens is 416 g/mol. The van der Waals surface area contributed by atoms with E-state index in [0.717, 1.165) is 28.8 Å². The van der Waals surface area contributed by atoms with E-state index in [2.05, 4.69) is 29.4 Å². The second-order valence-corrected chi connectivity index (χ2v) is 8.09. The minimum absolute atomic E-state index is 0.0414. The predicted octanol–water partition coefficient (Wildman–Crippen LogP) is 4.97. The normalized spacial score (nSPS) is 18.6. The van der Waals surface area contributed by atoms with E-state index < -0.39 is 0 Å². The largest absolute Gasteiger partial charge is 0.465 e. The smallest absolute Gasteiger partial charge is 0.337 e. The van der Waals surface area contributed by atoms with Crippen LogP contribution in [0.4, 0.5) is 11.5 Å². The van der Waals surface area contributed by atoms with Crippen LogP contribution in [0, 0.1) is 11.3 Å². The van der Waals surface area contributed by atoms with Crippen molar-refractivity contribution in [2.24, 2.45) is 0 Å². The molecule has 2 N–H and O–H groups in total. The van der Waals surface area contributed by atoms with Gasteiger partial charge >= 0.3 is 11.9 Å². The highest BCUT2D eigenvalue weighted by molar-refractivity contribution is 5.90. The van der Waals surface area contributed by atoms with E-state index >= 15 is 0 Å². The van der Waals surface area contributed by atoms with Gasteiger partial charge in [-0.25, -0.2) is 9.78 Å². The average Bonchev–Trinajstić information content (AvgIpc) is 2.83. The van der Waals surface area contributed by atoms with Crippen LogP contribution in [0.2, 0.25) is 0 Å². The molecule has 0 bridgehead atoms. The van der Waals surface area contributed by atoms with Crippen LogP contribution < -0.4 is 5.32 Å². The molecule has 0 spiro atoms. The number of hydrogen-bond donors (Lipinski definition) is 2. The van der Waals surface area contributed by atoms with Crippen molar-refractivity contribution >= 4 is 23.4 Å². The number of ether oxygens (including phenoxy) is 1. The van der Waals surface area contributed by atoms with Gasteiger partial charge in [-0.05, 0) is 54.4 Å². The first-order valence-corrected chi connectivity index (χ1v) is 10.7. The number of methoxy groups -OCH3 is 1. The molecule has 1 aliphatic rings. The minimum atomic E-state index is -0.371. The number of aliphatic hydroxyl groups is 1. The number of fused-ring (bicyclic) bond motifs is 1. The number of rotatable bonds is 4. The van der Waals surface area contributed by atoms with Gasteiger partial charge in [-0.15, -0.1) is 0 Å². The van der Waals surface area contributed by atoms with Crippen molar-refractivity contribution in [1.82, 2.24) is 4.98 Å². The van der Waals surface area contributed by atoms with Crippen molar-refractivity contribution in [3.8, 4) is 17.2 Å². The molecule has 1 aliphatic heterocycles. The highest BCUT2D eigenvalue weighted by atomic mass is 16.5. The molecule has 3 aromatic rings. The fraction of sp³-hybridized carbons (Fsp3) is 0.231. The molecule has 0 saturated heterocycles. The van der Waals surface area contributed by atoms with E-state index in [4.69, 9.17) is 10.00 Å². The van der Waals surface area contributed by atoms with E-state index in [1.54, 1.807) is 37.4 Å². The molecule has 0 fully saturated rings. The van der Waals surface area contributed by atoms with Crippen molar-refractivity contribution in [1.29, 1.82) is 5.26 Å². The van der Waals surface area contributed by atoms with Gasteiger partial charge in [0.05, 0.1) is 31.2 Å². The Kier molecular flexibility index (Phi) is 6.09. The number of nitrogens with zero attached hydrogens (tertiary/aromatic N) is 3. The summed E-state index contributed by atoms with van der Waals surface area (Å²) in [5.41, 5.74) is 4.92. The number of pyridine rings is 1. The van der Waals surface area contributed by atoms with Crippen molar-refractivity contribution in [3.05, 3.63) is 77.5 Å². The second-order valence-electron chi connectivity index (χ2n) is 8.09. The number of nitrogens with one attached hydrogen (secondary N) is 1. The summed E-state index contributed by atoms with van der Waals surface area (Å²) in [5, 5.41) is 22.9. The molecule has 4 rings (SSSR count). The lowest BCUT2D eigenvalue weighted by Gasteiger charge is -2.29. The van der Waals surface area contributed by atoms with Gasteiger partial charge in [-0.2, -0.15) is 9.84 Å². The van der Waals surface area contributed by atoms with Gasteiger partial charge < -0.3 is 15.2 Å². The summed E-state index contributed by atoms with van der Waals surface area (Å²) < 4.78 is 6.72. The molecule has 2 atom stereocenters. The van der Waals surface area contributed by atoms with E-state index in [9.17, 15) is 9.90 Å². The van der Waals surface area contributed by atoms with Crippen LogP contribution >= 0.6 is 0 Å². The molecule has 7 heteroatoms. The Hall–Kier alpha value is -4.18. The van der Waals surface area contributed by atoms with Gasteiger partial charge in [0.2, 0.25) is 5.69 Å². The Morgan fingerprint density at radius 1 is 1.18 bits per heavy atom.